The van der Waals surface area contributed by atoms with E-state index in [4.69, 9.17) is 22.1 Å². The van der Waals surface area contributed by atoms with Crippen LogP contribution in [0, 0.1) is 5.82 Å². The lowest BCUT2D eigenvalue weighted by Gasteiger charge is -2.35. The van der Waals surface area contributed by atoms with Gasteiger partial charge < -0.3 is 15.8 Å². The number of benzene rings is 1. The molecule has 1 heterocycles. The molecule has 0 aliphatic carbocycles. The Morgan fingerprint density at radius 2 is 2.29 bits per heavy atom. The number of halogens is 2. The highest BCUT2D eigenvalue weighted by atomic mass is 35.5. The maximum atomic E-state index is 13.4. The van der Waals surface area contributed by atoms with Crippen LogP contribution < -0.4 is 11.1 Å². The lowest BCUT2D eigenvalue weighted by Crippen LogP contribution is -2.43. The van der Waals surface area contributed by atoms with Gasteiger partial charge in [0.15, 0.2) is 0 Å². The highest BCUT2D eigenvalue weighted by molar-refractivity contribution is 6.31. The van der Waals surface area contributed by atoms with Crippen molar-refractivity contribution in [2.75, 3.05) is 24.3 Å². The lowest BCUT2D eigenvalue weighted by molar-refractivity contribution is 0.0540. The first-order valence-electron chi connectivity index (χ1n) is 5.61. The molecule has 1 fully saturated rings. The molecule has 0 bridgehead atoms. The van der Waals surface area contributed by atoms with E-state index >= 15 is 0 Å². The maximum absolute atomic E-state index is 13.4. The van der Waals surface area contributed by atoms with E-state index in [1.165, 1.54) is 12.1 Å². The number of rotatable bonds is 2. The number of hydrogen-bond donors (Lipinski definition) is 2. The van der Waals surface area contributed by atoms with Crippen LogP contribution in [0.5, 0.6) is 0 Å². The van der Waals surface area contributed by atoms with Crippen molar-refractivity contribution in [1.29, 1.82) is 0 Å². The molecule has 0 saturated carbocycles. The van der Waals surface area contributed by atoms with E-state index in [0.29, 0.717) is 18.0 Å². The van der Waals surface area contributed by atoms with Gasteiger partial charge in [-0.05, 0) is 25.8 Å². The van der Waals surface area contributed by atoms with Gasteiger partial charge in [0.1, 0.15) is 5.82 Å². The molecule has 1 atom stereocenters. The van der Waals surface area contributed by atoms with Crippen LogP contribution in [0.2, 0.25) is 5.02 Å². The van der Waals surface area contributed by atoms with E-state index < -0.39 is 5.82 Å². The Balaban J connectivity index is 2.20. The van der Waals surface area contributed by atoms with Crippen LogP contribution in [-0.4, -0.2) is 18.8 Å². The average molecular weight is 259 g/mol. The van der Waals surface area contributed by atoms with Gasteiger partial charge in [-0.3, -0.25) is 0 Å². The smallest absolute Gasteiger partial charge is 0.143 e. The van der Waals surface area contributed by atoms with Crippen molar-refractivity contribution < 1.29 is 9.13 Å². The minimum Gasteiger partial charge on any atom is -0.397 e. The van der Waals surface area contributed by atoms with Gasteiger partial charge in [-0.1, -0.05) is 11.6 Å². The summed E-state index contributed by atoms with van der Waals surface area (Å²) in [6.45, 7) is 3.41. The first-order valence-corrected chi connectivity index (χ1v) is 5.98. The number of anilines is 2. The lowest BCUT2D eigenvalue weighted by atomic mass is 9.94. The molecule has 2 rings (SSSR count). The third-order valence-electron chi connectivity index (χ3n) is 2.97. The van der Waals surface area contributed by atoms with Crippen molar-refractivity contribution in [2.24, 2.45) is 0 Å². The average Bonchev–Trinajstić information content (AvgIpc) is 2.26. The van der Waals surface area contributed by atoms with E-state index in [0.717, 1.165) is 19.4 Å². The van der Waals surface area contributed by atoms with E-state index in [1.54, 1.807) is 0 Å². The molecule has 1 aromatic rings. The van der Waals surface area contributed by atoms with Crippen molar-refractivity contribution in [3.05, 3.63) is 23.0 Å². The Morgan fingerprint density at radius 1 is 1.53 bits per heavy atom. The molecule has 5 heteroatoms. The predicted molar refractivity (Wildman–Crippen MR) is 67.9 cm³/mol. The van der Waals surface area contributed by atoms with Gasteiger partial charge in [-0.15, -0.1) is 0 Å². The van der Waals surface area contributed by atoms with Gasteiger partial charge in [0.2, 0.25) is 0 Å². The molecule has 0 aromatic heterocycles. The van der Waals surface area contributed by atoms with Crippen LogP contribution in [-0.2, 0) is 4.74 Å². The summed E-state index contributed by atoms with van der Waals surface area (Å²) < 4.78 is 18.8. The van der Waals surface area contributed by atoms with Crippen molar-refractivity contribution in [3.8, 4) is 0 Å². The summed E-state index contributed by atoms with van der Waals surface area (Å²) in [7, 11) is 0. The molecular weight excluding hydrogens is 243 g/mol. The SMILES string of the molecule is CC1(Nc2cc(F)c(Cl)cc2N)CCCOC1. The van der Waals surface area contributed by atoms with Crippen LogP contribution >= 0.6 is 11.6 Å². The van der Waals surface area contributed by atoms with Crippen LogP contribution in [0.3, 0.4) is 0 Å². The second-order valence-electron chi connectivity index (χ2n) is 4.70. The Labute approximate surface area is 105 Å². The summed E-state index contributed by atoms with van der Waals surface area (Å²) in [5, 5.41) is 3.28. The molecule has 1 aromatic carbocycles. The monoisotopic (exact) mass is 258 g/mol. The highest BCUT2D eigenvalue weighted by Crippen LogP contribution is 2.30. The Hall–Kier alpha value is -1.00. The minimum absolute atomic E-state index is 0.0399. The van der Waals surface area contributed by atoms with Crippen molar-refractivity contribution in [2.45, 2.75) is 25.3 Å². The Morgan fingerprint density at radius 3 is 2.94 bits per heavy atom. The fourth-order valence-electron chi connectivity index (χ4n) is 2.03. The molecule has 3 N–H and O–H groups in total. The molecule has 1 aliphatic rings. The molecule has 1 aliphatic heterocycles. The largest absolute Gasteiger partial charge is 0.397 e. The minimum atomic E-state index is -0.469. The summed E-state index contributed by atoms with van der Waals surface area (Å²) in [6.07, 6.45) is 1.95. The zero-order valence-electron chi connectivity index (χ0n) is 9.72. The maximum Gasteiger partial charge on any atom is 0.143 e. The van der Waals surface area contributed by atoms with Crippen LogP contribution in [0.25, 0.3) is 0 Å². The van der Waals surface area contributed by atoms with Gasteiger partial charge >= 0.3 is 0 Å². The van der Waals surface area contributed by atoms with Gasteiger partial charge in [0, 0.05) is 12.7 Å². The first-order chi connectivity index (χ1) is 8.00. The second kappa shape index (κ2) is 4.70. The summed E-state index contributed by atoms with van der Waals surface area (Å²) in [5.74, 6) is -0.469. The van der Waals surface area contributed by atoms with Crippen LogP contribution in [0.4, 0.5) is 15.8 Å². The van der Waals surface area contributed by atoms with Crippen molar-refractivity contribution in [3.63, 3.8) is 0 Å². The number of nitrogens with two attached hydrogens (primary N) is 1. The summed E-state index contributed by atoms with van der Waals surface area (Å²) >= 11 is 5.66. The fraction of sp³-hybridized carbons (Fsp3) is 0.500. The number of nitrogens with one attached hydrogen (secondary N) is 1. The zero-order chi connectivity index (χ0) is 12.5. The van der Waals surface area contributed by atoms with Crippen molar-refractivity contribution in [1.82, 2.24) is 0 Å². The summed E-state index contributed by atoms with van der Waals surface area (Å²) in [4.78, 5) is 0. The van der Waals surface area contributed by atoms with Gasteiger partial charge in [-0.25, -0.2) is 4.39 Å². The number of ether oxygens (including phenoxy) is 1. The van der Waals surface area contributed by atoms with E-state index in [-0.39, 0.29) is 10.6 Å². The fourth-order valence-corrected chi connectivity index (χ4v) is 2.20. The standard InChI is InChI=1S/C12H16ClFN2O/c1-12(3-2-4-17-7-12)16-11-6-9(14)8(13)5-10(11)15/h5-6,16H,2-4,7,15H2,1H3. The van der Waals surface area contributed by atoms with E-state index in [1.807, 2.05) is 6.92 Å². The van der Waals surface area contributed by atoms with Gasteiger partial charge in [0.05, 0.1) is 28.5 Å². The third-order valence-corrected chi connectivity index (χ3v) is 3.26. The Bertz CT molecular complexity index is 419. The molecule has 0 spiro atoms. The number of hydrogen-bond acceptors (Lipinski definition) is 3. The van der Waals surface area contributed by atoms with Gasteiger partial charge in [-0.2, -0.15) is 0 Å². The van der Waals surface area contributed by atoms with Crippen molar-refractivity contribution >= 4 is 23.0 Å². The van der Waals surface area contributed by atoms with E-state index in [9.17, 15) is 4.39 Å². The second-order valence-corrected chi connectivity index (χ2v) is 5.10. The topological polar surface area (TPSA) is 47.3 Å². The summed E-state index contributed by atoms with van der Waals surface area (Å²) in [5.41, 5.74) is 6.63. The molecular formula is C12H16ClFN2O. The third kappa shape index (κ3) is 2.82. The molecule has 3 nitrogen and oxygen atoms in total. The molecule has 1 unspecified atom stereocenters. The van der Waals surface area contributed by atoms with Gasteiger partial charge in [0.25, 0.3) is 0 Å². The normalized spacial score (nSPS) is 24.6. The Kier molecular flexibility index (Phi) is 3.45. The first kappa shape index (κ1) is 12.5. The quantitative estimate of drug-likeness (QED) is 0.802. The van der Waals surface area contributed by atoms with Crippen LogP contribution in [0.1, 0.15) is 19.8 Å². The highest BCUT2D eigenvalue weighted by Gasteiger charge is 2.28. The molecule has 94 valence electrons. The predicted octanol–water partition coefficient (Wildman–Crippen LogP) is 3.04. The zero-order valence-corrected chi connectivity index (χ0v) is 10.5. The molecule has 17 heavy (non-hydrogen) atoms. The summed E-state index contributed by atoms with van der Waals surface area (Å²) in [6, 6.07) is 2.75. The molecule has 1 saturated heterocycles. The number of nitrogen functional groups attached to an aromatic ring is 1. The molecule has 0 amide bonds. The van der Waals surface area contributed by atoms with Crippen LogP contribution in [0.15, 0.2) is 12.1 Å². The van der Waals surface area contributed by atoms with E-state index in [2.05, 4.69) is 5.32 Å². The molecule has 0 radical (unpaired) electrons.